The second kappa shape index (κ2) is 8.41. The molecule has 2 heterocycles. The van der Waals surface area contributed by atoms with E-state index in [0.29, 0.717) is 30.4 Å². The van der Waals surface area contributed by atoms with E-state index in [9.17, 15) is 8.96 Å². The lowest BCUT2D eigenvalue weighted by atomic mass is 10.1. The Bertz CT molecular complexity index is 1070. The second-order valence-corrected chi connectivity index (χ2v) is 7.73. The first kappa shape index (κ1) is 19.7. The minimum Gasteiger partial charge on any atom is -0.382 e. The number of halogens is 1. The zero-order valence-electron chi connectivity index (χ0n) is 15.8. The molecular weight excluding hydrogens is 396 g/mol. The number of anilines is 3. The molecule has 0 radical (unpaired) electrons. The van der Waals surface area contributed by atoms with Crippen LogP contribution in [0, 0.1) is 5.82 Å². The van der Waals surface area contributed by atoms with E-state index in [4.69, 9.17) is 10.6 Å². The molecule has 152 valence electrons. The van der Waals surface area contributed by atoms with Crippen molar-refractivity contribution in [3.63, 3.8) is 0 Å². The lowest BCUT2D eigenvalue weighted by Gasteiger charge is -2.12. The third kappa shape index (κ3) is 4.22. The first-order chi connectivity index (χ1) is 14.0. The van der Waals surface area contributed by atoms with E-state index in [1.54, 1.807) is 4.68 Å². The van der Waals surface area contributed by atoms with E-state index >= 15 is 0 Å². The summed E-state index contributed by atoms with van der Waals surface area (Å²) in [4.78, 5) is 13.1. The highest BCUT2D eigenvalue weighted by molar-refractivity contribution is 7.32. The van der Waals surface area contributed by atoms with Crippen LogP contribution in [0.15, 0.2) is 24.3 Å². The molecule has 0 amide bonds. The van der Waals surface area contributed by atoms with Crippen molar-refractivity contribution < 1.29 is 18.4 Å². The Balaban J connectivity index is 1.57. The molecule has 1 unspecified atom stereocenters. The molecule has 29 heavy (non-hydrogen) atoms. The van der Waals surface area contributed by atoms with Crippen LogP contribution in [0.1, 0.15) is 30.4 Å². The molecule has 1 aromatic carbocycles. The van der Waals surface area contributed by atoms with E-state index in [0.717, 1.165) is 24.9 Å². The predicted molar refractivity (Wildman–Crippen MR) is 109 cm³/mol. The summed E-state index contributed by atoms with van der Waals surface area (Å²) in [5, 5.41) is 7.86. The van der Waals surface area contributed by atoms with Crippen molar-refractivity contribution in [3.05, 3.63) is 41.2 Å². The predicted octanol–water partition coefficient (Wildman–Crippen LogP) is 3.83. The van der Waals surface area contributed by atoms with Gasteiger partial charge in [-0.25, -0.2) is 14.1 Å². The number of pyridine rings is 1. The molecule has 0 spiro atoms. The maximum absolute atomic E-state index is 14.7. The van der Waals surface area contributed by atoms with Crippen LogP contribution in [-0.2, 0) is 28.5 Å². The van der Waals surface area contributed by atoms with Gasteiger partial charge in [-0.15, -0.1) is 9.42 Å². The summed E-state index contributed by atoms with van der Waals surface area (Å²) in [5.41, 5.74) is 9.81. The van der Waals surface area contributed by atoms with Gasteiger partial charge in [0.2, 0.25) is 0 Å². The first-order valence-electron chi connectivity index (χ1n) is 9.52. The monoisotopic (exact) mass is 418 g/mol. The van der Waals surface area contributed by atoms with Gasteiger partial charge in [0, 0.05) is 16.8 Å². The normalized spacial score (nSPS) is 13.7. The van der Waals surface area contributed by atoms with Crippen molar-refractivity contribution in [2.45, 2.75) is 38.6 Å². The van der Waals surface area contributed by atoms with Crippen LogP contribution in [-0.4, -0.2) is 26.3 Å². The average molecular weight is 418 g/mol. The van der Waals surface area contributed by atoms with Gasteiger partial charge < -0.3 is 11.1 Å². The number of nitrogen functional groups attached to an aromatic ring is 1. The van der Waals surface area contributed by atoms with Crippen molar-refractivity contribution in [3.8, 4) is 0 Å². The van der Waals surface area contributed by atoms with E-state index in [1.807, 2.05) is 12.1 Å². The minimum atomic E-state index is -2.58. The number of nitrogens with two attached hydrogens (primary N) is 1. The summed E-state index contributed by atoms with van der Waals surface area (Å²) in [6.45, 7) is 0.659. The largest absolute Gasteiger partial charge is 0.694 e. The number of benzene rings is 1. The lowest BCUT2D eigenvalue weighted by molar-refractivity contribution is 0.272. The van der Waals surface area contributed by atoms with Crippen LogP contribution in [0.4, 0.5) is 21.7 Å². The van der Waals surface area contributed by atoms with Gasteiger partial charge in [-0.3, -0.25) is 0 Å². The molecule has 0 fully saturated rings. The number of hydrogen-bond acceptors (Lipinski definition) is 6. The smallest absolute Gasteiger partial charge is 0.382 e. The van der Waals surface area contributed by atoms with E-state index in [2.05, 4.69) is 26.0 Å². The van der Waals surface area contributed by atoms with E-state index in [1.165, 1.54) is 17.2 Å². The third-order valence-electron chi connectivity index (χ3n) is 5.07. The molecule has 1 atom stereocenters. The van der Waals surface area contributed by atoms with E-state index < -0.39 is 14.1 Å². The topological polar surface area (TPSA) is 115 Å². The number of nitrogens with one attached hydrogen (secondary N) is 1. The summed E-state index contributed by atoms with van der Waals surface area (Å²) in [6.07, 6.45) is 4.32. The Kier molecular flexibility index (Phi) is 5.71. The zero-order valence-corrected chi connectivity index (χ0v) is 16.7. The Hall–Kier alpha value is -2.61. The van der Waals surface area contributed by atoms with Gasteiger partial charge in [0.15, 0.2) is 23.1 Å². The number of fused-ring (bicyclic) bond motifs is 2. The lowest BCUT2D eigenvalue weighted by Crippen LogP contribution is -2.05. The first-order valence-corrected chi connectivity index (χ1v) is 10.7. The Morgan fingerprint density at radius 1 is 1.34 bits per heavy atom. The maximum atomic E-state index is 14.7. The van der Waals surface area contributed by atoms with E-state index in [-0.39, 0.29) is 18.2 Å². The van der Waals surface area contributed by atoms with Crippen LogP contribution >= 0.6 is 8.25 Å². The molecule has 8 nitrogen and oxygen atoms in total. The molecule has 0 saturated heterocycles. The number of aryl methyl sites for hydroxylation is 2. The molecule has 0 bridgehead atoms. The van der Waals surface area contributed by atoms with Gasteiger partial charge >= 0.3 is 8.25 Å². The molecule has 4 N–H and O–H groups in total. The van der Waals surface area contributed by atoms with Crippen molar-refractivity contribution in [1.29, 1.82) is 0 Å². The second-order valence-electron chi connectivity index (χ2n) is 7.00. The zero-order chi connectivity index (χ0) is 20.4. The summed E-state index contributed by atoms with van der Waals surface area (Å²) >= 11 is 0. The molecular formula is C19H22FN5O3P+. The summed E-state index contributed by atoms with van der Waals surface area (Å²) in [5.74, 6) is -0.132. The maximum Gasteiger partial charge on any atom is 0.694 e. The fraction of sp³-hybridized carbons (Fsp3) is 0.368. The Labute approximate surface area is 167 Å². The van der Waals surface area contributed by atoms with Crippen molar-refractivity contribution in [2.24, 2.45) is 0 Å². The van der Waals surface area contributed by atoms with Crippen LogP contribution in [0.5, 0.6) is 0 Å². The van der Waals surface area contributed by atoms with Gasteiger partial charge in [0.1, 0.15) is 6.61 Å². The van der Waals surface area contributed by atoms with Crippen molar-refractivity contribution in [2.75, 3.05) is 17.7 Å². The number of unbranched alkanes of at least 4 members (excludes halogenated alkanes) is 1. The van der Waals surface area contributed by atoms with Gasteiger partial charge in [-0.1, -0.05) is 12.1 Å². The van der Waals surface area contributed by atoms with Crippen LogP contribution in [0.25, 0.3) is 11.0 Å². The third-order valence-corrected chi connectivity index (χ3v) is 5.47. The van der Waals surface area contributed by atoms with Gasteiger partial charge in [0.05, 0.1) is 5.39 Å². The minimum absolute atomic E-state index is 0.138. The molecule has 2 aromatic heterocycles. The molecule has 3 aromatic rings. The number of hydrogen-bond donors (Lipinski definition) is 3. The summed E-state index contributed by atoms with van der Waals surface area (Å²) in [7, 11) is -2.58. The fourth-order valence-corrected chi connectivity index (χ4v) is 4.00. The van der Waals surface area contributed by atoms with Crippen LogP contribution in [0.3, 0.4) is 0 Å². The van der Waals surface area contributed by atoms with Crippen LogP contribution < -0.4 is 11.1 Å². The highest BCUT2D eigenvalue weighted by Crippen LogP contribution is 2.32. The quantitative estimate of drug-likeness (QED) is 0.376. The van der Waals surface area contributed by atoms with Crippen LogP contribution in [0.2, 0.25) is 0 Å². The highest BCUT2D eigenvalue weighted by Gasteiger charge is 2.18. The fourth-order valence-electron chi connectivity index (χ4n) is 3.71. The molecule has 10 heteroatoms. The molecule has 1 aliphatic carbocycles. The number of nitrogens with zero attached hydrogens (tertiary/aromatic N) is 3. The van der Waals surface area contributed by atoms with Crippen molar-refractivity contribution in [1.82, 2.24) is 14.8 Å². The van der Waals surface area contributed by atoms with Gasteiger partial charge in [-0.2, -0.15) is 5.10 Å². The SMILES string of the molecule is Nc1nn(CCCCO[P+](=O)O)c2nc(Nc3cccc4c3CCC4)c(F)cc12. The standard InChI is InChI=1S/C19H21FN5O3P/c20-15-11-14-17(21)24-25(9-1-2-10-28-29(26)27)19(14)23-18(15)22-16-8-4-6-12-5-3-7-13(12)16/h4,6,8,11H,1-3,5,7,9-10H2,(H3-,21,22,23,24,26,27)/p+1. The van der Waals surface area contributed by atoms with Gasteiger partial charge in [0.25, 0.3) is 0 Å². The summed E-state index contributed by atoms with van der Waals surface area (Å²) < 4.78 is 31.5. The Morgan fingerprint density at radius 3 is 3.03 bits per heavy atom. The summed E-state index contributed by atoms with van der Waals surface area (Å²) in [6, 6.07) is 7.36. The van der Waals surface area contributed by atoms with Crippen molar-refractivity contribution >= 4 is 36.6 Å². The number of aromatic nitrogens is 3. The molecule has 0 saturated carbocycles. The molecule has 0 aliphatic heterocycles. The number of rotatable bonds is 8. The Morgan fingerprint density at radius 2 is 2.21 bits per heavy atom. The molecule has 4 rings (SSSR count). The highest BCUT2D eigenvalue weighted by atomic mass is 31.1. The van der Waals surface area contributed by atoms with Gasteiger partial charge in [-0.05, 0) is 55.4 Å². The molecule has 1 aliphatic rings. The average Bonchev–Trinajstić information content (AvgIpc) is 3.28.